The van der Waals surface area contributed by atoms with Crippen LogP contribution in [0.25, 0.3) is 0 Å². The molecule has 2 aromatic carbocycles. The van der Waals surface area contributed by atoms with Crippen molar-refractivity contribution in [3.8, 4) is 11.5 Å². The smallest absolute Gasteiger partial charge is 0.263 e. The number of ether oxygens (including phenoxy) is 2. The number of imide groups is 1. The topological polar surface area (TPSA) is 106 Å². The lowest BCUT2D eigenvalue weighted by Gasteiger charge is -2.22. The van der Waals surface area contributed by atoms with Crippen LogP contribution >= 0.6 is 0 Å². The zero-order valence-corrected chi connectivity index (χ0v) is 20.0. The number of carbonyl (C=O) groups excluding carboxylic acids is 2. The van der Waals surface area contributed by atoms with Gasteiger partial charge in [-0.1, -0.05) is 12.1 Å². The molecule has 0 fully saturated rings. The molecular weight excluding hydrogens is 446 g/mol. The lowest BCUT2D eigenvalue weighted by Crippen LogP contribution is -2.36. The van der Waals surface area contributed by atoms with Crippen molar-refractivity contribution >= 4 is 33.7 Å². The number of rotatable bonds is 9. The molecule has 0 N–H and O–H groups in total. The minimum absolute atomic E-state index is 0.164. The number of methoxy groups -OCH3 is 1. The monoisotopic (exact) mass is 473 g/mol. The van der Waals surface area contributed by atoms with Crippen LogP contribution in [0.5, 0.6) is 11.5 Å². The molecular formula is C23H27N3O6S. The highest BCUT2D eigenvalue weighted by molar-refractivity contribution is 7.91. The normalized spacial score (nSPS) is 14.5. The molecule has 0 bridgehead atoms. The van der Waals surface area contributed by atoms with Gasteiger partial charge in [-0.2, -0.15) is 0 Å². The van der Waals surface area contributed by atoms with E-state index in [0.29, 0.717) is 29.4 Å². The summed E-state index contributed by atoms with van der Waals surface area (Å²) in [5.74, 6) is -0.288. The summed E-state index contributed by atoms with van der Waals surface area (Å²) in [5.41, 5.74) is 1.10. The average molecular weight is 474 g/mol. The van der Waals surface area contributed by atoms with Gasteiger partial charge in [0.1, 0.15) is 5.25 Å². The number of amides is 2. The molecule has 0 saturated heterocycles. The molecule has 0 aliphatic carbocycles. The second-order valence-corrected chi connectivity index (χ2v) is 10.0. The summed E-state index contributed by atoms with van der Waals surface area (Å²) < 4.78 is 36.3. The van der Waals surface area contributed by atoms with E-state index in [4.69, 9.17) is 9.47 Å². The third kappa shape index (κ3) is 5.00. The van der Waals surface area contributed by atoms with E-state index in [0.717, 1.165) is 11.2 Å². The molecule has 1 unspecified atom stereocenters. The Balaban J connectivity index is 2.00. The second-order valence-electron chi connectivity index (χ2n) is 7.79. The standard InChI is InChI=1S/C23H27N3O6S/c1-6-32-19-12-15(10-11-18(19)31-4)20(33(5,29)30)13-26-22(27)16-8-7-9-17(21(16)23(26)28)24-14-25(2)3/h7-12,14,20H,6,13H2,1-5H3. The fraction of sp³-hybridized carbons (Fsp3) is 0.348. The van der Waals surface area contributed by atoms with Crippen LogP contribution in [0.3, 0.4) is 0 Å². The van der Waals surface area contributed by atoms with Gasteiger partial charge in [0.15, 0.2) is 21.3 Å². The van der Waals surface area contributed by atoms with E-state index < -0.39 is 26.9 Å². The number of sulfone groups is 1. The van der Waals surface area contributed by atoms with E-state index >= 15 is 0 Å². The zero-order chi connectivity index (χ0) is 24.3. The number of carbonyl (C=O) groups is 2. The van der Waals surface area contributed by atoms with Gasteiger partial charge in [-0.15, -0.1) is 0 Å². The van der Waals surface area contributed by atoms with Crippen molar-refractivity contribution in [2.45, 2.75) is 12.2 Å². The Hall–Kier alpha value is -3.40. The van der Waals surface area contributed by atoms with Gasteiger partial charge in [0.25, 0.3) is 11.8 Å². The van der Waals surface area contributed by atoms with Crippen LogP contribution < -0.4 is 9.47 Å². The third-order valence-electron chi connectivity index (χ3n) is 5.13. The first-order valence-electron chi connectivity index (χ1n) is 10.3. The highest BCUT2D eigenvalue weighted by Crippen LogP contribution is 2.36. The molecule has 9 nitrogen and oxygen atoms in total. The van der Waals surface area contributed by atoms with Gasteiger partial charge in [-0.3, -0.25) is 14.5 Å². The second kappa shape index (κ2) is 9.62. The van der Waals surface area contributed by atoms with Crippen LogP contribution in [-0.2, 0) is 9.84 Å². The van der Waals surface area contributed by atoms with Crippen molar-refractivity contribution in [2.24, 2.45) is 4.99 Å². The molecule has 33 heavy (non-hydrogen) atoms. The molecule has 10 heteroatoms. The Kier molecular flexibility index (Phi) is 7.06. The van der Waals surface area contributed by atoms with Gasteiger partial charge in [0.05, 0.1) is 43.4 Å². The third-order valence-corrected chi connectivity index (χ3v) is 6.58. The number of fused-ring (bicyclic) bond motifs is 1. The zero-order valence-electron chi connectivity index (χ0n) is 19.2. The van der Waals surface area contributed by atoms with E-state index in [1.165, 1.54) is 13.4 Å². The first-order valence-corrected chi connectivity index (χ1v) is 12.2. The Bertz CT molecular complexity index is 1210. The maximum absolute atomic E-state index is 13.2. The van der Waals surface area contributed by atoms with E-state index in [2.05, 4.69) is 4.99 Å². The van der Waals surface area contributed by atoms with E-state index in [1.807, 2.05) is 0 Å². The van der Waals surface area contributed by atoms with Crippen LogP contribution in [0.4, 0.5) is 5.69 Å². The highest BCUT2D eigenvalue weighted by Gasteiger charge is 2.40. The molecule has 1 aliphatic rings. The van der Waals surface area contributed by atoms with Gasteiger partial charge in [-0.05, 0) is 36.8 Å². The summed E-state index contributed by atoms with van der Waals surface area (Å²) in [6, 6.07) is 9.59. The average Bonchev–Trinajstić information content (AvgIpc) is 3.00. The van der Waals surface area contributed by atoms with Gasteiger partial charge in [-0.25, -0.2) is 13.4 Å². The number of benzene rings is 2. The molecule has 0 radical (unpaired) electrons. The van der Waals surface area contributed by atoms with Crippen molar-refractivity contribution in [2.75, 3.05) is 40.6 Å². The minimum Gasteiger partial charge on any atom is -0.493 e. The quantitative estimate of drug-likeness (QED) is 0.313. The first-order chi connectivity index (χ1) is 15.6. The molecule has 0 aromatic heterocycles. The van der Waals surface area contributed by atoms with Crippen molar-refractivity contribution in [1.29, 1.82) is 0 Å². The summed E-state index contributed by atoms with van der Waals surface area (Å²) in [4.78, 5) is 33.2. The number of nitrogens with zero attached hydrogens (tertiary/aromatic N) is 3. The van der Waals surface area contributed by atoms with Crippen LogP contribution in [0.2, 0.25) is 0 Å². The van der Waals surface area contributed by atoms with Crippen LogP contribution in [-0.4, -0.2) is 77.0 Å². The fourth-order valence-electron chi connectivity index (χ4n) is 3.58. The van der Waals surface area contributed by atoms with Crippen LogP contribution in [0, 0.1) is 0 Å². The molecule has 176 valence electrons. The molecule has 1 aliphatic heterocycles. The molecule has 3 rings (SSSR count). The molecule has 1 heterocycles. The first kappa shape index (κ1) is 24.2. The van der Waals surface area contributed by atoms with E-state index in [1.54, 1.807) is 62.3 Å². The molecule has 2 amide bonds. The summed E-state index contributed by atoms with van der Waals surface area (Å²) >= 11 is 0. The predicted molar refractivity (Wildman–Crippen MR) is 125 cm³/mol. The van der Waals surface area contributed by atoms with E-state index in [-0.39, 0.29) is 17.7 Å². The van der Waals surface area contributed by atoms with Gasteiger partial charge < -0.3 is 14.4 Å². The maximum Gasteiger partial charge on any atom is 0.263 e. The van der Waals surface area contributed by atoms with Gasteiger partial charge in [0, 0.05) is 20.4 Å². The molecule has 0 spiro atoms. The summed E-state index contributed by atoms with van der Waals surface area (Å²) in [6.45, 7) is 1.83. The van der Waals surface area contributed by atoms with Gasteiger partial charge in [0.2, 0.25) is 0 Å². The fourth-order valence-corrected chi connectivity index (χ4v) is 4.64. The van der Waals surface area contributed by atoms with Crippen LogP contribution in [0.15, 0.2) is 41.4 Å². The van der Waals surface area contributed by atoms with Crippen molar-refractivity contribution in [3.63, 3.8) is 0 Å². The predicted octanol–water partition coefficient (Wildman–Crippen LogP) is 2.70. The molecule has 2 aromatic rings. The Labute approximate surface area is 193 Å². The van der Waals surface area contributed by atoms with Crippen LogP contribution in [0.1, 0.15) is 38.5 Å². The Morgan fingerprint density at radius 1 is 1.12 bits per heavy atom. The van der Waals surface area contributed by atoms with Crippen molar-refractivity contribution < 1.29 is 27.5 Å². The van der Waals surface area contributed by atoms with E-state index in [9.17, 15) is 18.0 Å². The lowest BCUT2D eigenvalue weighted by molar-refractivity contribution is 0.0654. The largest absolute Gasteiger partial charge is 0.493 e. The highest BCUT2D eigenvalue weighted by atomic mass is 32.2. The number of hydrogen-bond donors (Lipinski definition) is 0. The Morgan fingerprint density at radius 2 is 1.85 bits per heavy atom. The number of hydrogen-bond acceptors (Lipinski definition) is 7. The summed E-state index contributed by atoms with van der Waals surface area (Å²) in [6.07, 6.45) is 2.61. The number of aliphatic imine (C=N–C) groups is 1. The summed E-state index contributed by atoms with van der Waals surface area (Å²) in [7, 11) is 1.36. The van der Waals surface area contributed by atoms with Gasteiger partial charge >= 0.3 is 0 Å². The Morgan fingerprint density at radius 3 is 2.45 bits per heavy atom. The molecule has 0 saturated carbocycles. The molecule has 1 atom stereocenters. The lowest BCUT2D eigenvalue weighted by atomic mass is 10.1. The minimum atomic E-state index is -3.70. The SMILES string of the molecule is CCOc1cc(C(CN2C(=O)c3cccc(N=CN(C)C)c3C2=O)S(C)(=O)=O)ccc1OC. The maximum atomic E-state index is 13.2. The van der Waals surface area contributed by atoms with Crippen molar-refractivity contribution in [3.05, 3.63) is 53.1 Å². The summed E-state index contributed by atoms with van der Waals surface area (Å²) in [5, 5.41) is -1.14. The van der Waals surface area contributed by atoms with Crippen molar-refractivity contribution in [1.82, 2.24) is 9.80 Å².